The van der Waals surface area contributed by atoms with Crippen LogP contribution in [0, 0.1) is 5.92 Å². The molecule has 0 aromatic heterocycles. The van der Waals surface area contributed by atoms with Crippen molar-refractivity contribution in [1.82, 2.24) is 16.2 Å². The first-order chi connectivity index (χ1) is 11.6. The SMILES string of the molecule is O=C1CC(c2ccc(Cl)cc2Cl)C2C(NNC2c2ccccc2)N1. The fourth-order valence-corrected chi connectivity index (χ4v) is 4.36. The highest BCUT2D eigenvalue weighted by Gasteiger charge is 2.47. The molecule has 6 heteroatoms. The minimum absolute atomic E-state index is 0.0150. The summed E-state index contributed by atoms with van der Waals surface area (Å²) in [5.41, 5.74) is 8.70. The van der Waals surface area contributed by atoms with Gasteiger partial charge in [0.25, 0.3) is 0 Å². The Labute approximate surface area is 150 Å². The number of nitrogens with one attached hydrogen (secondary N) is 3. The normalized spacial score (nSPS) is 29.2. The molecule has 0 spiro atoms. The fourth-order valence-electron chi connectivity index (χ4n) is 3.82. The number of hydrogen-bond acceptors (Lipinski definition) is 3. The fraction of sp³-hybridized carbons (Fsp3) is 0.278. The molecule has 3 N–H and O–H groups in total. The first-order valence-electron chi connectivity index (χ1n) is 7.94. The summed E-state index contributed by atoms with van der Waals surface area (Å²) in [6, 6.07) is 15.8. The predicted molar refractivity (Wildman–Crippen MR) is 94.7 cm³/mol. The molecule has 2 fully saturated rings. The van der Waals surface area contributed by atoms with Crippen LogP contribution in [0.2, 0.25) is 10.0 Å². The summed E-state index contributed by atoms with van der Waals surface area (Å²) in [4.78, 5) is 12.2. The number of amides is 1. The van der Waals surface area contributed by atoms with Crippen molar-refractivity contribution in [3.63, 3.8) is 0 Å². The van der Waals surface area contributed by atoms with Crippen molar-refractivity contribution < 1.29 is 4.79 Å². The van der Waals surface area contributed by atoms with Gasteiger partial charge >= 0.3 is 0 Å². The summed E-state index contributed by atoms with van der Waals surface area (Å²) < 4.78 is 0. The lowest BCUT2D eigenvalue weighted by atomic mass is 9.74. The van der Waals surface area contributed by atoms with Crippen LogP contribution in [0.25, 0.3) is 0 Å². The summed E-state index contributed by atoms with van der Waals surface area (Å²) in [5.74, 6) is 0.195. The van der Waals surface area contributed by atoms with E-state index in [1.807, 2.05) is 30.3 Å². The third-order valence-electron chi connectivity index (χ3n) is 4.87. The Hall–Kier alpha value is -1.59. The van der Waals surface area contributed by atoms with E-state index in [-0.39, 0.29) is 30.0 Å². The summed E-state index contributed by atoms with van der Waals surface area (Å²) in [5, 5.41) is 4.24. The predicted octanol–water partition coefficient (Wildman–Crippen LogP) is 3.39. The van der Waals surface area contributed by atoms with Crippen molar-refractivity contribution in [3.05, 3.63) is 69.7 Å². The molecule has 1 amide bonds. The van der Waals surface area contributed by atoms with E-state index in [2.05, 4.69) is 28.3 Å². The minimum Gasteiger partial charge on any atom is -0.339 e. The Morgan fingerprint density at radius 1 is 1.00 bits per heavy atom. The molecule has 2 aliphatic heterocycles. The highest BCUT2D eigenvalue weighted by atomic mass is 35.5. The standard InChI is InChI=1S/C18H17Cl2N3O/c19-11-6-7-12(14(20)8-11)13-9-15(24)21-18-16(13)17(22-23-18)10-4-2-1-3-5-10/h1-8,13,16-18,22-23H,9H2,(H,21,24). The summed E-state index contributed by atoms with van der Waals surface area (Å²) in [7, 11) is 0. The molecule has 4 atom stereocenters. The Bertz CT molecular complexity index is 768. The number of fused-ring (bicyclic) bond motifs is 1. The Kier molecular flexibility index (Phi) is 4.22. The zero-order valence-electron chi connectivity index (χ0n) is 12.8. The molecule has 2 aliphatic rings. The van der Waals surface area contributed by atoms with Gasteiger partial charge in [-0.15, -0.1) is 0 Å². The van der Waals surface area contributed by atoms with Gasteiger partial charge in [-0.2, -0.15) is 0 Å². The zero-order valence-corrected chi connectivity index (χ0v) is 14.3. The van der Waals surface area contributed by atoms with Crippen molar-refractivity contribution in [1.29, 1.82) is 0 Å². The second kappa shape index (κ2) is 6.37. The molecular weight excluding hydrogens is 345 g/mol. The van der Waals surface area contributed by atoms with Crippen LogP contribution in [0.4, 0.5) is 0 Å². The molecular formula is C18H17Cl2N3O. The number of piperidine rings is 1. The number of hydrazine groups is 1. The number of hydrogen-bond donors (Lipinski definition) is 3. The van der Waals surface area contributed by atoms with Crippen LogP contribution in [0.5, 0.6) is 0 Å². The molecule has 2 aromatic rings. The van der Waals surface area contributed by atoms with E-state index in [1.54, 1.807) is 6.07 Å². The van der Waals surface area contributed by atoms with Crippen molar-refractivity contribution in [2.24, 2.45) is 5.92 Å². The number of carbonyl (C=O) groups excluding carboxylic acids is 1. The molecule has 2 saturated heterocycles. The molecule has 4 nitrogen and oxygen atoms in total. The smallest absolute Gasteiger partial charge is 0.221 e. The largest absolute Gasteiger partial charge is 0.339 e. The lowest BCUT2D eigenvalue weighted by Crippen LogP contribution is -2.52. The number of carbonyl (C=O) groups is 1. The number of benzene rings is 2. The van der Waals surface area contributed by atoms with Gasteiger partial charge in [-0.3, -0.25) is 4.79 Å². The van der Waals surface area contributed by atoms with Crippen LogP contribution < -0.4 is 16.2 Å². The molecule has 4 unspecified atom stereocenters. The van der Waals surface area contributed by atoms with E-state index in [0.29, 0.717) is 16.5 Å². The maximum Gasteiger partial charge on any atom is 0.221 e. The lowest BCUT2D eigenvalue weighted by molar-refractivity contribution is -0.125. The second-order valence-electron chi connectivity index (χ2n) is 6.28. The van der Waals surface area contributed by atoms with Crippen LogP contribution in [0.3, 0.4) is 0 Å². The van der Waals surface area contributed by atoms with Gasteiger partial charge in [-0.05, 0) is 23.3 Å². The van der Waals surface area contributed by atoms with Crippen LogP contribution in [-0.2, 0) is 4.79 Å². The maximum atomic E-state index is 12.2. The van der Waals surface area contributed by atoms with Gasteiger partial charge in [0, 0.05) is 28.3 Å². The van der Waals surface area contributed by atoms with Gasteiger partial charge < -0.3 is 5.32 Å². The maximum absolute atomic E-state index is 12.2. The summed E-state index contributed by atoms with van der Waals surface area (Å²) in [6.07, 6.45) is 0.281. The third kappa shape index (κ3) is 2.80. The topological polar surface area (TPSA) is 53.2 Å². The summed E-state index contributed by atoms with van der Waals surface area (Å²) >= 11 is 12.5. The lowest BCUT2D eigenvalue weighted by Gasteiger charge is -2.36. The highest BCUT2D eigenvalue weighted by molar-refractivity contribution is 6.35. The minimum atomic E-state index is -0.131. The molecule has 24 heavy (non-hydrogen) atoms. The van der Waals surface area contributed by atoms with Crippen LogP contribution in [0.1, 0.15) is 29.5 Å². The molecule has 0 radical (unpaired) electrons. The number of halogens is 2. The van der Waals surface area contributed by atoms with Crippen molar-refractivity contribution in [2.75, 3.05) is 0 Å². The van der Waals surface area contributed by atoms with Crippen molar-refractivity contribution in [2.45, 2.75) is 24.5 Å². The number of rotatable bonds is 2. The Morgan fingerprint density at radius 3 is 2.54 bits per heavy atom. The Morgan fingerprint density at radius 2 is 1.79 bits per heavy atom. The van der Waals surface area contributed by atoms with Gasteiger partial charge in [-0.1, -0.05) is 59.6 Å². The zero-order chi connectivity index (χ0) is 16.7. The monoisotopic (exact) mass is 361 g/mol. The van der Waals surface area contributed by atoms with E-state index in [1.165, 1.54) is 5.56 Å². The van der Waals surface area contributed by atoms with Crippen LogP contribution in [0.15, 0.2) is 48.5 Å². The quantitative estimate of drug-likeness (QED) is 0.768. The van der Waals surface area contributed by atoms with E-state index < -0.39 is 0 Å². The van der Waals surface area contributed by atoms with E-state index in [9.17, 15) is 4.79 Å². The molecule has 4 rings (SSSR count). The summed E-state index contributed by atoms with van der Waals surface area (Å²) in [6.45, 7) is 0. The van der Waals surface area contributed by atoms with Crippen molar-refractivity contribution in [3.8, 4) is 0 Å². The average Bonchev–Trinajstić information content (AvgIpc) is 2.99. The van der Waals surface area contributed by atoms with Gasteiger partial charge in [0.05, 0.1) is 12.2 Å². The van der Waals surface area contributed by atoms with Crippen LogP contribution in [-0.4, -0.2) is 12.1 Å². The van der Waals surface area contributed by atoms with Crippen LogP contribution >= 0.6 is 23.2 Å². The first-order valence-corrected chi connectivity index (χ1v) is 8.69. The van der Waals surface area contributed by atoms with Crippen molar-refractivity contribution >= 4 is 29.1 Å². The second-order valence-corrected chi connectivity index (χ2v) is 7.12. The molecule has 2 aromatic carbocycles. The van der Waals surface area contributed by atoms with Gasteiger partial charge in [0.15, 0.2) is 0 Å². The van der Waals surface area contributed by atoms with E-state index in [0.717, 1.165) is 5.56 Å². The molecule has 124 valence electrons. The van der Waals surface area contributed by atoms with Gasteiger partial charge in [0.1, 0.15) is 0 Å². The van der Waals surface area contributed by atoms with Gasteiger partial charge in [-0.25, -0.2) is 10.9 Å². The Balaban J connectivity index is 1.75. The molecule has 0 aliphatic carbocycles. The highest BCUT2D eigenvalue weighted by Crippen LogP contribution is 2.45. The third-order valence-corrected chi connectivity index (χ3v) is 5.43. The molecule has 0 saturated carbocycles. The molecule has 2 heterocycles. The average molecular weight is 362 g/mol. The first kappa shape index (κ1) is 15.9. The van der Waals surface area contributed by atoms with Gasteiger partial charge in [0.2, 0.25) is 5.91 Å². The molecule has 0 bridgehead atoms. The van der Waals surface area contributed by atoms with E-state index >= 15 is 0 Å². The van der Waals surface area contributed by atoms with E-state index in [4.69, 9.17) is 23.2 Å².